The van der Waals surface area contributed by atoms with Crippen LogP contribution < -0.4 is 0 Å². The molecule has 2 aliphatic heterocycles. The zero-order chi connectivity index (χ0) is 17.2. The normalized spacial score (nSPS) is 15.1. The lowest BCUT2D eigenvalue weighted by Crippen LogP contribution is -1.92. The topological polar surface area (TPSA) is 91.8 Å². The molecule has 0 saturated carbocycles. The van der Waals surface area contributed by atoms with Gasteiger partial charge >= 0.3 is 7.82 Å². The first-order valence-corrected chi connectivity index (χ1v) is 10.4. The van der Waals surface area contributed by atoms with Crippen molar-refractivity contribution >= 4 is 7.82 Å². The van der Waals surface area contributed by atoms with Gasteiger partial charge in [0.25, 0.3) is 0 Å². The van der Waals surface area contributed by atoms with Gasteiger partial charge in [0.1, 0.15) is 0 Å². The van der Waals surface area contributed by atoms with Crippen LogP contribution in [0.2, 0.25) is 0 Å². The second kappa shape index (κ2) is 16.9. The molecule has 0 aromatic carbocycles. The van der Waals surface area contributed by atoms with Gasteiger partial charge in [0.15, 0.2) is 0 Å². The molecule has 2 rings (SSSR count). The van der Waals surface area contributed by atoms with Crippen LogP contribution in [0.1, 0.15) is 71.1 Å². The highest BCUT2D eigenvalue weighted by Gasteiger charge is 2.12. The number of unbranched alkanes of at least 4 members (excludes halogenated alkanes) is 9. The van der Waals surface area contributed by atoms with Gasteiger partial charge in [-0.3, -0.25) is 4.52 Å². The largest absolute Gasteiger partial charge is 0.469 e. The summed E-state index contributed by atoms with van der Waals surface area (Å²) < 4.78 is 23.7. The van der Waals surface area contributed by atoms with Crippen LogP contribution in [-0.4, -0.2) is 42.8 Å². The van der Waals surface area contributed by atoms with Crippen molar-refractivity contribution in [2.24, 2.45) is 0 Å². The molecule has 0 aromatic heterocycles. The molecule has 2 heterocycles. The maximum Gasteiger partial charge on any atom is 0.469 e. The second-order valence-corrected chi connectivity index (χ2v) is 6.97. The maximum absolute atomic E-state index is 10.4. The van der Waals surface area contributed by atoms with Crippen molar-refractivity contribution in [2.75, 3.05) is 33.0 Å². The average molecular weight is 354 g/mol. The van der Waals surface area contributed by atoms with Crippen LogP contribution in [0.3, 0.4) is 0 Å². The van der Waals surface area contributed by atoms with E-state index in [-0.39, 0.29) is 6.61 Å². The van der Waals surface area contributed by atoms with E-state index in [0.29, 0.717) is 0 Å². The Balaban J connectivity index is 0.000000653. The van der Waals surface area contributed by atoms with Crippen LogP contribution in [0.25, 0.3) is 0 Å². The molecule has 2 N–H and O–H groups in total. The highest BCUT2D eigenvalue weighted by molar-refractivity contribution is 7.46. The SMILES string of the molecule is C1CO1.C1CO1.CCCCCCCCCCCCOP(=O)(O)O. The second-order valence-electron chi connectivity index (χ2n) is 5.73. The first-order valence-electron chi connectivity index (χ1n) is 8.92. The standard InChI is InChI=1S/C12H27O4P.2C2H4O/c1-2-3-4-5-6-7-8-9-10-11-12-16-17(13,14)15;2*1-2-3-1/h2-12H2,1H3,(H2,13,14,15);2*1-2H2. The predicted molar refractivity (Wildman–Crippen MR) is 91.5 cm³/mol. The number of rotatable bonds is 12. The Morgan fingerprint density at radius 1 is 0.783 bits per heavy atom. The molecule has 23 heavy (non-hydrogen) atoms. The van der Waals surface area contributed by atoms with Crippen LogP contribution in [0.4, 0.5) is 0 Å². The monoisotopic (exact) mass is 354 g/mol. The molecule has 0 amide bonds. The summed E-state index contributed by atoms with van der Waals surface area (Å²) in [5, 5.41) is 0. The number of phosphoric acid groups is 1. The van der Waals surface area contributed by atoms with E-state index >= 15 is 0 Å². The number of phosphoric ester groups is 1. The van der Waals surface area contributed by atoms with Crippen LogP contribution in [-0.2, 0) is 18.6 Å². The van der Waals surface area contributed by atoms with Gasteiger partial charge in [0.05, 0.1) is 33.0 Å². The molecule has 0 aliphatic carbocycles. The van der Waals surface area contributed by atoms with Gasteiger partial charge in [-0.15, -0.1) is 0 Å². The Kier molecular flexibility index (Phi) is 16.9. The molecule has 7 heteroatoms. The van der Waals surface area contributed by atoms with Gasteiger partial charge < -0.3 is 19.3 Å². The zero-order valence-corrected chi connectivity index (χ0v) is 15.5. The van der Waals surface area contributed by atoms with Gasteiger partial charge in [-0.1, -0.05) is 64.7 Å². The molecule has 2 aliphatic rings. The molecule has 2 saturated heterocycles. The Morgan fingerprint density at radius 2 is 1.13 bits per heavy atom. The lowest BCUT2D eigenvalue weighted by Gasteiger charge is -2.05. The van der Waals surface area contributed by atoms with Crippen molar-refractivity contribution in [3.05, 3.63) is 0 Å². The number of epoxide rings is 2. The first-order chi connectivity index (χ1) is 11.1. The fourth-order valence-electron chi connectivity index (χ4n) is 1.77. The van der Waals surface area contributed by atoms with E-state index in [2.05, 4.69) is 20.9 Å². The van der Waals surface area contributed by atoms with E-state index in [9.17, 15) is 4.57 Å². The van der Waals surface area contributed by atoms with Crippen molar-refractivity contribution in [1.29, 1.82) is 0 Å². The van der Waals surface area contributed by atoms with Crippen molar-refractivity contribution in [3.63, 3.8) is 0 Å². The molecule has 0 spiro atoms. The molecular weight excluding hydrogens is 319 g/mol. The molecule has 0 bridgehead atoms. The Hall–Kier alpha value is 0.0300. The molecule has 0 aromatic rings. The highest BCUT2D eigenvalue weighted by atomic mass is 31.2. The summed E-state index contributed by atoms with van der Waals surface area (Å²) in [4.78, 5) is 16.9. The van der Waals surface area contributed by atoms with Crippen LogP contribution in [0, 0.1) is 0 Å². The third-order valence-corrected chi connectivity index (χ3v) is 3.68. The van der Waals surface area contributed by atoms with Crippen LogP contribution >= 0.6 is 7.82 Å². The molecule has 0 unspecified atom stereocenters. The zero-order valence-electron chi connectivity index (χ0n) is 14.6. The average Bonchev–Trinajstić information content (AvgIpc) is 3.34. The van der Waals surface area contributed by atoms with Gasteiger partial charge in [0.2, 0.25) is 0 Å². The molecule has 0 radical (unpaired) electrons. The third-order valence-electron chi connectivity index (χ3n) is 3.17. The van der Waals surface area contributed by atoms with Gasteiger partial charge in [-0.2, -0.15) is 0 Å². The Bertz CT molecular complexity index is 266. The van der Waals surface area contributed by atoms with E-state index in [1.807, 2.05) is 0 Å². The first kappa shape index (κ1) is 23.0. The van der Waals surface area contributed by atoms with Crippen LogP contribution in [0.15, 0.2) is 0 Å². The van der Waals surface area contributed by atoms with E-state index in [0.717, 1.165) is 45.7 Å². The predicted octanol–water partition coefficient (Wildman–Crippen LogP) is 4.05. The molecule has 0 atom stereocenters. The summed E-state index contributed by atoms with van der Waals surface area (Å²) in [7, 11) is -4.24. The van der Waals surface area contributed by atoms with Crippen molar-refractivity contribution in [2.45, 2.75) is 71.1 Å². The van der Waals surface area contributed by atoms with Gasteiger partial charge in [-0.25, -0.2) is 4.57 Å². The van der Waals surface area contributed by atoms with Gasteiger partial charge in [-0.05, 0) is 6.42 Å². The summed E-state index contributed by atoms with van der Waals surface area (Å²) in [6, 6.07) is 0. The minimum absolute atomic E-state index is 0.167. The third kappa shape index (κ3) is 34.4. The maximum atomic E-state index is 10.4. The van der Waals surface area contributed by atoms with Crippen molar-refractivity contribution in [3.8, 4) is 0 Å². The molecule has 2 fully saturated rings. The smallest absolute Gasteiger partial charge is 0.377 e. The lowest BCUT2D eigenvalue weighted by atomic mass is 10.1. The molecule has 140 valence electrons. The summed E-state index contributed by atoms with van der Waals surface area (Å²) in [6.45, 7) is 6.39. The number of hydrogen-bond donors (Lipinski definition) is 2. The van der Waals surface area contributed by atoms with E-state index in [1.54, 1.807) is 0 Å². The highest BCUT2D eigenvalue weighted by Crippen LogP contribution is 2.35. The molecular formula is C16H35O6P. The minimum Gasteiger partial charge on any atom is -0.377 e. The summed E-state index contributed by atoms with van der Waals surface area (Å²) in [5.74, 6) is 0. The minimum atomic E-state index is -4.24. The Morgan fingerprint density at radius 3 is 1.43 bits per heavy atom. The fraction of sp³-hybridized carbons (Fsp3) is 1.00. The number of ether oxygens (including phenoxy) is 2. The van der Waals surface area contributed by atoms with E-state index in [1.165, 1.54) is 44.9 Å². The van der Waals surface area contributed by atoms with Crippen LogP contribution in [0.5, 0.6) is 0 Å². The molecule has 6 nitrogen and oxygen atoms in total. The number of hydrogen-bond acceptors (Lipinski definition) is 4. The summed E-state index contributed by atoms with van der Waals surface area (Å²) >= 11 is 0. The van der Waals surface area contributed by atoms with Crippen molar-refractivity contribution in [1.82, 2.24) is 0 Å². The van der Waals surface area contributed by atoms with Gasteiger partial charge in [0, 0.05) is 0 Å². The quantitative estimate of drug-likeness (QED) is 0.312. The van der Waals surface area contributed by atoms with E-state index in [4.69, 9.17) is 9.79 Å². The fourth-order valence-corrected chi connectivity index (χ4v) is 2.14. The summed E-state index contributed by atoms with van der Waals surface area (Å²) in [6.07, 6.45) is 12.0. The van der Waals surface area contributed by atoms with E-state index < -0.39 is 7.82 Å². The Labute approximate surface area is 141 Å². The van der Waals surface area contributed by atoms with Crippen molar-refractivity contribution < 1.29 is 28.3 Å². The lowest BCUT2D eigenvalue weighted by molar-refractivity contribution is 0.193. The summed E-state index contributed by atoms with van der Waals surface area (Å²) in [5.41, 5.74) is 0.